The summed E-state index contributed by atoms with van der Waals surface area (Å²) in [6.45, 7) is 2.13. The molecule has 2 aliphatic carbocycles. The third kappa shape index (κ3) is 0.880. The van der Waals surface area contributed by atoms with Crippen LogP contribution in [0, 0.1) is 10.8 Å². The van der Waals surface area contributed by atoms with Gasteiger partial charge in [-0.25, -0.2) is 17.6 Å². The van der Waals surface area contributed by atoms with Crippen molar-refractivity contribution >= 4 is 5.78 Å². The van der Waals surface area contributed by atoms with Crippen LogP contribution in [0.3, 0.4) is 0 Å². The van der Waals surface area contributed by atoms with Crippen LogP contribution in [0.25, 0.3) is 0 Å². The van der Waals surface area contributed by atoms with Crippen molar-refractivity contribution in [2.75, 3.05) is 0 Å². The van der Waals surface area contributed by atoms with Crippen molar-refractivity contribution in [3.8, 4) is 0 Å². The molecule has 2 aliphatic rings. The summed E-state index contributed by atoms with van der Waals surface area (Å²) >= 11 is 0. The van der Waals surface area contributed by atoms with E-state index in [2.05, 4.69) is 0 Å². The van der Waals surface area contributed by atoms with E-state index >= 15 is 0 Å². The molecule has 1 nitrogen and oxygen atoms in total. The van der Waals surface area contributed by atoms with Crippen LogP contribution in [0.15, 0.2) is 0 Å². The predicted molar refractivity (Wildman–Crippen MR) is 40.3 cm³/mol. The first-order chi connectivity index (χ1) is 6.07. The Morgan fingerprint density at radius 1 is 0.929 bits per heavy atom. The van der Waals surface area contributed by atoms with Gasteiger partial charge in [0.2, 0.25) is 0 Å². The third-order valence-corrected chi connectivity index (χ3v) is 3.52. The third-order valence-electron chi connectivity index (χ3n) is 3.52. The van der Waals surface area contributed by atoms with Crippen molar-refractivity contribution in [1.29, 1.82) is 0 Å². The van der Waals surface area contributed by atoms with Crippen molar-refractivity contribution in [1.82, 2.24) is 0 Å². The normalized spacial score (nSPS) is 47.3. The molecule has 0 radical (unpaired) electrons. The van der Waals surface area contributed by atoms with E-state index in [1.807, 2.05) is 0 Å². The molecule has 2 unspecified atom stereocenters. The number of carbonyl (C=O) groups excluding carboxylic acids is 1. The van der Waals surface area contributed by atoms with E-state index < -0.39 is 41.3 Å². The summed E-state index contributed by atoms with van der Waals surface area (Å²) in [6, 6.07) is 0. The molecule has 5 heteroatoms. The van der Waals surface area contributed by atoms with Crippen LogP contribution in [-0.2, 0) is 4.79 Å². The van der Waals surface area contributed by atoms with Gasteiger partial charge in [-0.3, -0.25) is 4.79 Å². The molecule has 2 fully saturated rings. The number of hydrogen-bond acceptors (Lipinski definition) is 1. The average molecular weight is 210 g/mol. The van der Waals surface area contributed by atoms with Gasteiger partial charge < -0.3 is 0 Å². The van der Waals surface area contributed by atoms with Gasteiger partial charge in [-0.05, 0) is 13.8 Å². The van der Waals surface area contributed by atoms with E-state index in [4.69, 9.17) is 0 Å². The topological polar surface area (TPSA) is 17.1 Å². The van der Waals surface area contributed by atoms with E-state index in [-0.39, 0.29) is 0 Å². The lowest BCUT2D eigenvalue weighted by atomic mass is 9.89. The zero-order valence-corrected chi connectivity index (χ0v) is 7.83. The van der Waals surface area contributed by atoms with Crippen LogP contribution in [0.5, 0.6) is 0 Å². The fourth-order valence-electron chi connectivity index (χ4n) is 1.90. The van der Waals surface area contributed by atoms with Crippen molar-refractivity contribution in [3.05, 3.63) is 0 Å². The maximum absolute atomic E-state index is 12.8. The van der Waals surface area contributed by atoms with Gasteiger partial charge in [-0.15, -0.1) is 0 Å². The van der Waals surface area contributed by atoms with Crippen LogP contribution >= 0.6 is 0 Å². The minimum Gasteiger partial charge on any atom is -0.298 e. The van der Waals surface area contributed by atoms with E-state index in [9.17, 15) is 22.4 Å². The summed E-state index contributed by atoms with van der Waals surface area (Å²) < 4.78 is 51.1. The van der Waals surface area contributed by atoms with E-state index in [1.165, 1.54) is 0 Å². The number of ketones is 1. The molecule has 0 amide bonds. The van der Waals surface area contributed by atoms with E-state index in [0.717, 1.165) is 13.8 Å². The van der Waals surface area contributed by atoms with Crippen molar-refractivity contribution in [2.45, 2.75) is 38.5 Å². The monoisotopic (exact) mass is 210 g/mol. The molecule has 14 heavy (non-hydrogen) atoms. The standard InChI is InChI=1S/C9H10F4O/c1-6(3-8(6,10)11)5(14)7(2)4-9(7,12)13/h3-4H2,1-2H3. The smallest absolute Gasteiger partial charge is 0.261 e. The average Bonchev–Trinajstić information content (AvgIpc) is 2.68. The highest BCUT2D eigenvalue weighted by atomic mass is 19.3. The number of Topliss-reactive ketones (excluding diaryl/α,β-unsaturated/α-hetero) is 1. The number of hydrogen-bond donors (Lipinski definition) is 0. The van der Waals surface area contributed by atoms with Gasteiger partial charge >= 0.3 is 0 Å². The second kappa shape index (κ2) is 1.99. The van der Waals surface area contributed by atoms with Gasteiger partial charge in [0.25, 0.3) is 11.8 Å². The summed E-state index contributed by atoms with van der Waals surface area (Å²) in [6.07, 6.45) is -1.19. The van der Waals surface area contributed by atoms with Crippen LogP contribution in [0.1, 0.15) is 26.7 Å². The lowest BCUT2D eigenvalue weighted by Crippen LogP contribution is -2.30. The van der Waals surface area contributed by atoms with Gasteiger partial charge in [-0.1, -0.05) is 0 Å². The molecule has 0 aromatic carbocycles. The Bertz CT molecular complexity index is 295. The number of alkyl halides is 4. The Kier molecular flexibility index (Phi) is 1.41. The summed E-state index contributed by atoms with van der Waals surface area (Å²) in [5.74, 6) is -7.17. The van der Waals surface area contributed by atoms with Gasteiger partial charge in [0.05, 0.1) is 10.8 Å². The zero-order chi connectivity index (χ0) is 11.0. The van der Waals surface area contributed by atoms with E-state index in [1.54, 1.807) is 0 Å². The Balaban J connectivity index is 2.21. The number of rotatable bonds is 2. The maximum Gasteiger partial charge on any atom is 0.261 e. The molecule has 0 bridgehead atoms. The minimum atomic E-state index is -3.09. The summed E-state index contributed by atoms with van der Waals surface area (Å²) in [4.78, 5) is 11.5. The first-order valence-electron chi connectivity index (χ1n) is 4.37. The van der Waals surface area contributed by atoms with Crippen molar-refractivity contribution < 1.29 is 22.4 Å². The van der Waals surface area contributed by atoms with Crippen molar-refractivity contribution in [2.24, 2.45) is 10.8 Å². The summed E-state index contributed by atoms with van der Waals surface area (Å²) in [5.41, 5.74) is -3.69. The second-order valence-electron chi connectivity index (χ2n) is 4.76. The Morgan fingerprint density at radius 2 is 1.14 bits per heavy atom. The fraction of sp³-hybridized carbons (Fsp3) is 0.889. The molecule has 0 aromatic rings. The molecule has 0 aromatic heterocycles. The minimum absolute atomic E-state index is 0.593. The zero-order valence-electron chi connectivity index (χ0n) is 7.83. The lowest BCUT2D eigenvalue weighted by Gasteiger charge is -2.14. The molecule has 80 valence electrons. The van der Waals surface area contributed by atoms with Gasteiger partial charge in [0.1, 0.15) is 0 Å². The van der Waals surface area contributed by atoms with Crippen LogP contribution in [0.2, 0.25) is 0 Å². The highest BCUT2D eigenvalue weighted by Gasteiger charge is 2.82. The SMILES string of the molecule is CC1(C(=O)C2(C)CC2(F)F)CC1(F)F. The number of halogens is 4. The Hall–Kier alpha value is -0.610. The second-order valence-corrected chi connectivity index (χ2v) is 4.76. The summed E-state index contributed by atoms with van der Waals surface area (Å²) in [7, 11) is 0. The molecule has 2 atom stereocenters. The first kappa shape index (κ1) is 9.93. The number of carbonyl (C=O) groups is 1. The highest BCUT2D eigenvalue weighted by molar-refractivity contribution is 5.97. The van der Waals surface area contributed by atoms with Gasteiger partial charge in [0.15, 0.2) is 5.78 Å². The van der Waals surface area contributed by atoms with Crippen LogP contribution in [0.4, 0.5) is 17.6 Å². The molecule has 0 N–H and O–H groups in total. The van der Waals surface area contributed by atoms with Crippen LogP contribution in [-0.4, -0.2) is 17.6 Å². The first-order valence-corrected chi connectivity index (χ1v) is 4.37. The van der Waals surface area contributed by atoms with Crippen LogP contribution < -0.4 is 0 Å². The molecular formula is C9H10F4O. The Morgan fingerprint density at radius 3 is 1.29 bits per heavy atom. The highest BCUT2D eigenvalue weighted by Crippen LogP contribution is 2.70. The molecule has 2 rings (SSSR count). The lowest BCUT2D eigenvalue weighted by molar-refractivity contribution is -0.135. The fourth-order valence-corrected chi connectivity index (χ4v) is 1.90. The molecule has 0 spiro atoms. The molecule has 0 heterocycles. The van der Waals surface area contributed by atoms with Gasteiger partial charge in [0, 0.05) is 12.8 Å². The van der Waals surface area contributed by atoms with Crippen molar-refractivity contribution in [3.63, 3.8) is 0 Å². The molecular weight excluding hydrogens is 200 g/mol. The molecule has 0 aliphatic heterocycles. The van der Waals surface area contributed by atoms with E-state index in [0.29, 0.717) is 0 Å². The summed E-state index contributed by atoms with van der Waals surface area (Å²) in [5, 5.41) is 0. The largest absolute Gasteiger partial charge is 0.298 e. The van der Waals surface area contributed by atoms with Gasteiger partial charge in [-0.2, -0.15) is 0 Å². The predicted octanol–water partition coefficient (Wildman–Crippen LogP) is 2.65. The Labute approximate surface area is 78.5 Å². The quantitative estimate of drug-likeness (QED) is 0.640. The molecule has 0 saturated heterocycles. The molecule has 2 saturated carbocycles. The maximum atomic E-state index is 12.8.